The molecule has 3 rings (SSSR count). The van der Waals surface area contributed by atoms with Crippen LogP contribution in [0.25, 0.3) is 0 Å². The van der Waals surface area contributed by atoms with E-state index in [0.29, 0.717) is 31.8 Å². The minimum absolute atomic E-state index is 0.106. The highest BCUT2D eigenvalue weighted by atomic mass is 19.1. The average molecular weight is 484 g/mol. The molecule has 1 fully saturated rings. The number of carbonyl (C=O) groups excluding carboxylic acids is 1. The van der Waals surface area contributed by atoms with E-state index in [4.69, 9.17) is 9.47 Å². The molecule has 8 nitrogen and oxygen atoms in total. The molecular formula is C26H34FN5O3. The van der Waals surface area contributed by atoms with Crippen molar-refractivity contribution in [3.05, 3.63) is 41.5 Å². The third-order valence-electron chi connectivity index (χ3n) is 5.77. The number of nitriles is 1. The number of carbonyl (C=O) groups is 1. The third-order valence-corrected chi connectivity index (χ3v) is 5.77. The molecule has 1 saturated heterocycles. The fraction of sp³-hybridized carbons (Fsp3) is 0.538. The lowest BCUT2D eigenvalue weighted by molar-refractivity contribution is 0.0506. The van der Waals surface area contributed by atoms with Gasteiger partial charge in [0.1, 0.15) is 24.3 Å². The molecule has 1 amide bonds. The molecule has 1 aliphatic heterocycles. The number of amides is 1. The van der Waals surface area contributed by atoms with Crippen LogP contribution >= 0.6 is 0 Å². The molecule has 0 radical (unpaired) electrons. The Bertz CT molecular complexity index is 1050. The van der Waals surface area contributed by atoms with Gasteiger partial charge in [0.25, 0.3) is 0 Å². The fourth-order valence-electron chi connectivity index (χ4n) is 3.90. The van der Waals surface area contributed by atoms with Gasteiger partial charge in [-0.05, 0) is 50.3 Å². The number of piperidine rings is 1. The van der Waals surface area contributed by atoms with Crippen LogP contribution in [0, 0.1) is 23.1 Å². The molecule has 0 bridgehead atoms. The number of hydrogen-bond donors (Lipinski definition) is 1. The molecular weight excluding hydrogens is 449 g/mol. The van der Waals surface area contributed by atoms with Gasteiger partial charge >= 0.3 is 6.09 Å². The number of anilines is 2. The van der Waals surface area contributed by atoms with Crippen molar-refractivity contribution >= 4 is 17.6 Å². The van der Waals surface area contributed by atoms with Gasteiger partial charge < -0.3 is 19.7 Å². The largest absolute Gasteiger partial charge is 0.473 e. The second kappa shape index (κ2) is 12.3. The molecule has 9 heteroatoms. The Morgan fingerprint density at radius 2 is 2.00 bits per heavy atom. The summed E-state index contributed by atoms with van der Waals surface area (Å²) in [6.45, 7) is 8.95. The topological polar surface area (TPSA) is 100 Å². The number of nitrogens with zero attached hydrogens (tertiary/aromatic N) is 4. The summed E-state index contributed by atoms with van der Waals surface area (Å²) in [7, 11) is 0. The number of aryl methyl sites for hydroxylation is 1. The molecule has 1 aliphatic rings. The number of rotatable bonds is 9. The maximum Gasteiger partial charge on any atom is 0.410 e. The first-order valence-electron chi connectivity index (χ1n) is 12.2. The van der Waals surface area contributed by atoms with E-state index < -0.39 is 5.82 Å². The molecule has 1 N–H and O–H groups in total. The Labute approximate surface area is 206 Å². The van der Waals surface area contributed by atoms with Crippen LogP contribution in [0.5, 0.6) is 5.88 Å². The van der Waals surface area contributed by atoms with E-state index in [1.54, 1.807) is 11.0 Å². The molecule has 0 spiro atoms. The zero-order valence-corrected chi connectivity index (χ0v) is 20.9. The van der Waals surface area contributed by atoms with Gasteiger partial charge in [0.15, 0.2) is 11.4 Å². The van der Waals surface area contributed by atoms with E-state index in [-0.39, 0.29) is 41.2 Å². The SMILES string of the molecule is CC(C)CCCc1ccc(Nc2ncnc(OC3CCN(C(=O)OC(C)C)CC3)c2C#N)c(F)c1. The van der Waals surface area contributed by atoms with Crippen molar-refractivity contribution in [2.75, 3.05) is 18.4 Å². The summed E-state index contributed by atoms with van der Waals surface area (Å²) in [6.07, 6.45) is 4.64. The number of nitrogens with one attached hydrogen (secondary N) is 1. The Morgan fingerprint density at radius 1 is 1.26 bits per heavy atom. The summed E-state index contributed by atoms with van der Waals surface area (Å²) in [5.74, 6) is 0.534. The van der Waals surface area contributed by atoms with Crippen LogP contribution in [0.15, 0.2) is 24.5 Å². The van der Waals surface area contributed by atoms with Gasteiger partial charge in [0.05, 0.1) is 11.8 Å². The van der Waals surface area contributed by atoms with Crippen molar-refractivity contribution < 1.29 is 18.7 Å². The normalized spacial score (nSPS) is 14.2. The Kier molecular flexibility index (Phi) is 9.24. The predicted molar refractivity (Wildman–Crippen MR) is 131 cm³/mol. The van der Waals surface area contributed by atoms with Gasteiger partial charge in [-0.25, -0.2) is 19.2 Å². The summed E-state index contributed by atoms with van der Waals surface area (Å²) in [5.41, 5.74) is 1.27. The zero-order chi connectivity index (χ0) is 25.4. The maximum atomic E-state index is 14.7. The third kappa shape index (κ3) is 7.54. The van der Waals surface area contributed by atoms with E-state index in [9.17, 15) is 14.4 Å². The van der Waals surface area contributed by atoms with E-state index in [0.717, 1.165) is 24.8 Å². The summed E-state index contributed by atoms with van der Waals surface area (Å²) in [6, 6.07) is 7.14. The smallest absolute Gasteiger partial charge is 0.410 e. The molecule has 35 heavy (non-hydrogen) atoms. The van der Waals surface area contributed by atoms with Crippen molar-refractivity contribution in [2.45, 2.75) is 72.0 Å². The highest BCUT2D eigenvalue weighted by Crippen LogP contribution is 2.28. The molecule has 2 heterocycles. The summed E-state index contributed by atoms with van der Waals surface area (Å²) in [4.78, 5) is 22.0. The highest BCUT2D eigenvalue weighted by Gasteiger charge is 2.27. The molecule has 1 aromatic carbocycles. The molecule has 0 aliphatic carbocycles. The van der Waals surface area contributed by atoms with Crippen LogP contribution in [0.4, 0.5) is 20.7 Å². The van der Waals surface area contributed by atoms with E-state index >= 15 is 0 Å². The predicted octanol–water partition coefficient (Wildman–Crippen LogP) is 5.60. The standard InChI is InChI=1S/C26H34FN5O3/c1-17(2)6-5-7-19-8-9-23(22(27)14-19)31-24-21(15-28)25(30-16-29-24)35-20-10-12-32(13-11-20)26(33)34-18(3)4/h8-9,14,16-18,20H,5-7,10-13H2,1-4H3,(H,29,30,31). The Hall–Kier alpha value is -3.41. The van der Waals surface area contributed by atoms with Crippen LogP contribution in [0.3, 0.4) is 0 Å². The van der Waals surface area contributed by atoms with Crippen molar-refractivity contribution in [3.63, 3.8) is 0 Å². The number of likely N-dealkylation sites (tertiary alicyclic amines) is 1. The summed E-state index contributed by atoms with van der Waals surface area (Å²) in [5, 5.41) is 12.7. The first-order chi connectivity index (χ1) is 16.8. The molecule has 1 aromatic heterocycles. The van der Waals surface area contributed by atoms with Crippen LogP contribution in [-0.2, 0) is 11.2 Å². The van der Waals surface area contributed by atoms with Gasteiger partial charge in [-0.15, -0.1) is 0 Å². The van der Waals surface area contributed by atoms with Gasteiger partial charge in [-0.3, -0.25) is 0 Å². The van der Waals surface area contributed by atoms with Crippen LogP contribution in [0.1, 0.15) is 64.5 Å². The second-order valence-electron chi connectivity index (χ2n) is 9.48. The summed E-state index contributed by atoms with van der Waals surface area (Å²) >= 11 is 0. The van der Waals surface area contributed by atoms with Gasteiger partial charge in [0, 0.05) is 25.9 Å². The molecule has 0 atom stereocenters. The van der Waals surface area contributed by atoms with Gasteiger partial charge in [-0.2, -0.15) is 5.26 Å². The monoisotopic (exact) mass is 483 g/mol. The van der Waals surface area contributed by atoms with Gasteiger partial charge in [0.2, 0.25) is 5.88 Å². The quantitative estimate of drug-likeness (QED) is 0.496. The van der Waals surface area contributed by atoms with Crippen LogP contribution < -0.4 is 10.1 Å². The van der Waals surface area contributed by atoms with Crippen molar-refractivity contribution in [1.82, 2.24) is 14.9 Å². The number of hydrogen-bond acceptors (Lipinski definition) is 7. The molecule has 0 unspecified atom stereocenters. The summed E-state index contributed by atoms with van der Waals surface area (Å²) < 4.78 is 26.0. The maximum absolute atomic E-state index is 14.7. The van der Waals surface area contributed by atoms with Crippen LogP contribution in [0.2, 0.25) is 0 Å². The van der Waals surface area contributed by atoms with E-state index in [1.165, 1.54) is 12.4 Å². The molecule has 0 saturated carbocycles. The van der Waals surface area contributed by atoms with Crippen molar-refractivity contribution in [1.29, 1.82) is 5.26 Å². The minimum Gasteiger partial charge on any atom is -0.473 e. The molecule has 2 aromatic rings. The first-order valence-corrected chi connectivity index (χ1v) is 12.2. The lowest BCUT2D eigenvalue weighted by atomic mass is 10.0. The number of aromatic nitrogens is 2. The van der Waals surface area contributed by atoms with Gasteiger partial charge in [-0.1, -0.05) is 26.3 Å². The lowest BCUT2D eigenvalue weighted by Crippen LogP contribution is -2.42. The highest BCUT2D eigenvalue weighted by molar-refractivity contribution is 5.68. The fourth-order valence-corrected chi connectivity index (χ4v) is 3.90. The average Bonchev–Trinajstić information content (AvgIpc) is 2.81. The van der Waals surface area contributed by atoms with E-state index in [2.05, 4.69) is 35.2 Å². The lowest BCUT2D eigenvalue weighted by Gasteiger charge is -2.31. The zero-order valence-electron chi connectivity index (χ0n) is 20.9. The second-order valence-corrected chi connectivity index (χ2v) is 9.48. The van der Waals surface area contributed by atoms with Crippen molar-refractivity contribution in [2.24, 2.45) is 5.92 Å². The number of benzene rings is 1. The number of halogens is 1. The minimum atomic E-state index is -0.405. The number of ether oxygens (including phenoxy) is 2. The van der Waals surface area contributed by atoms with E-state index in [1.807, 2.05) is 19.9 Å². The molecule has 188 valence electrons. The van der Waals surface area contributed by atoms with Crippen LogP contribution in [-0.4, -0.2) is 46.3 Å². The Morgan fingerprint density at radius 3 is 2.63 bits per heavy atom. The Balaban J connectivity index is 1.64. The first kappa shape index (κ1) is 26.2. The van der Waals surface area contributed by atoms with Crippen molar-refractivity contribution in [3.8, 4) is 11.9 Å².